The number of hydrogen-bond acceptors (Lipinski definition) is 4. The lowest BCUT2D eigenvalue weighted by molar-refractivity contribution is 0.129. The molecule has 1 saturated heterocycles. The summed E-state index contributed by atoms with van der Waals surface area (Å²) in [4.78, 5) is 4.72. The quantitative estimate of drug-likeness (QED) is 0.851. The van der Waals surface area contributed by atoms with E-state index in [0.717, 1.165) is 29.6 Å². The first-order chi connectivity index (χ1) is 9.38. The molecule has 0 spiro atoms. The van der Waals surface area contributed by atoms with E-state index >= 15 is 0 Å². The highest BCUT2D eigenvalue weighted by Gasteiger charge is 2.18. The van der Waals surface area contributed by atoms with Gasteiger partial charge in [-0.15, -0.1) is 11.8 Å². The van der Waals surface area contributed by atoms with Gasteiger partial charge in [0.05, 0.1) is 11.8 Å². The van der Waals surface area contributed by atoms with E-state index in [1.54, 1.807) is 0 Å². The molecule has 1 aliphatic heterocycles. The van der Waals surface area contributed by atoms with Crippen molar-refractivity contribution >= 4 is 17.4 Å². The lowest BCUT2D eigenvalue weighted by Crippen LogP contribution is -2.10. The Bertz CT molecular complexity index is 549. The molecule has 2 aromatic heterocycles. The van der Waals surface area contributed by atoms with Crippen LogP contribution in [0.15, 0.2) is 29.4 Å². The van der Waals surface area contributed by atoms with Crippen LogP contribution in [0.25, 0.3) is 5.65 Å². The predicted octanol–water partition coefficient (Wildman–Crippen LogP) is 2.32. The number of hydrogen-bond donors (Lipinski definition) is 1. The van der Waals surface area contributed by atoms with Gasteiger partial charge in [0.15, 0.2) is 0 Å². The van der Waals surface area contributed by atoms with Crippen molar-refractivity contribution in [3.63, 3.8) is 0 Å². The monoisotopic (exact) mass is 277 g/mol. The minimum absolute atomic E-state index is 0.400. The molecule has 0 amide bonds. The molecule has 3 heterocycles. The van der Waals surface area contributed by atoms with Crippen molar-refractivity contribution in [2.24, 2.45) is 0 Å². The fourth-order valence-corrected chi connectivity index (χ4v) is 3.52. The zero-order chi connectivity index (χ0) is 13.1. The Balaban J connectivity index is 1.82. The third-order valence-corrected chi connectivity index (χ3v) is 4.51. The second kappa shape index (κ2) is 5.94. The van der Waals surface area contributed by atoms with Gasteiger partial charge in [-0.25, -0.2) is 4.98 Å². The van der Waals surface area contributed by atoms with Gasteiger partial charge in [-0.1, -0.05) is 6.07 Å². The molecule has 1 atom stereocenters. The molecule has 5 heteroatoms. The molecule has 4 nitrogen and oxygen atoms in total. The first kappa shape index (κ1) is 13.0. The predicted molar refractivity (Wildman–Crippen MR) is 77.7 cm³/mol. The van der Waals surface area contributed by atoms with Crippen molar-refractivity contribution in [2.75, 3.05) is 19.4 Å². The molecule has 1 unspecified atom stereocenters. The molecule has 0 radical (unpaired) electrons. The first-order valence-corrected chi connectivity index (χ1v) is 7.72. The molecular formula is C14H19N3OS. The third kappa shape index (κ3) is 2.78. The number of rotatable bonds is 5. The molecule has 102 valence electrons. The molecule has 0 saturated carbocycles. The Kier molecular flexibility index (Phi) is 4.06. The smallest absolute Gasteiger partial charge is 0.138 e. The highest BCUT2D eigenvalue weighted by atomic mass is 32.2. The van der Waals surface area contributed by atoms with Gasteiger partial charge in [-0.3, -0.25) is 0 Å². The van der Waals surface area contributed by atoms with E-state index < -0.39 is 0 Å². The summed E-state index contributed by atoms with van der Waals surface area (Å²) >= 11 is 1.81. The number of fused-ring (bicyclic) bond motifs is 1. The Morgan fingerprint density at radius 3 is 3.26 bits per heavy atom. The van der Waals surface area contributed by atoms with E-state index in [9.17, 15) is 0 Å². The van der Waals surface area contributed by atoms with Crippen LogP contribution in [0.5, 0.6) is 0 Å². The van der Waals surface area contributed by atoms with Crippen LogP contribution in [0.2, 0.25) is 0 Å². The summed E-state index contributed by atoms with van der Waals surface area (Å²) in [6.07, 6.45) is 4.85. The lowest BCUT2D eigenvalue weighted by atomic mass is 10.3. The maximum Gasteiger partial charge on any atom is 0.138 e. The number of aromatic nitrogens is 2. The van der Waals surface area contributed by atoms with E-state index in [0.29, 0.717) is 6.10 Å². The van der Waals surface area contributed by atoms with Crippen molar-refractivity contribution in [3.8, 4) is 0 Å². The van der Waals surface area contributed by atoms with Crippen LogP contribution in [-0.2, 0) is 11.3 Å². The second-order valence-electron chi connectivity index (χ2n) is 4.77. The minimum Gasteiger partial charge on any atom is -0.377 e. The van der Waals surface area contributed by atoms with Crippen LogP contribution in [0.1, 0.15) is 18.5 Å². The highest BCUT2D eigenvalue weighted by molar-refractivity contribution is 7.99. The Hall–Kier alpha value is -1.04. The van der Waals surface area contributed by atoms with Crippen molar-refractivity contribution < 1.29 is 4.74 Å². The maximum absolute atomic E-state index is 5.68. The third-order valence-electron chi connectivity index (χ3n) is 3.37. The van der Waals surface area contributed by atoms with E-state index in [-0.39, 0.29) is 0 Å². The van der Waals surface area contributed by atoms with E-state index in [1.807, 2.05) is 30.9 Å². The van der Waals surface area contributed by atoms with E-state index in [2.05, 4.69) is 22.0 Å². The van der Waals surface area contributed by atoms with Crippen molar-refractivity contribution in [1.82, 2.24) is 14.7 Å². The topological polar surface area (TPSA) is 38.6 Å². The van der Waals surface area contributed by atoms with Gasteiger partial charge in [0.25, 0.3) is 0 Å². The van der Waals surface area contributed by atoms with Gasteiger partial charge in [-0.05, 0) is 32.0 Å². The van der Waals surface area contributed by atoms with Gasteiger partial charge < -0.3 is 14.5 Å². The van der Waals surface area contributed by atoms with Crippen molar-refractivity contribution in [1.29, 1.82) is 0 Å². The zero-order valence-corrected chi connectivity index (χ0v) is 11.9. The zero-order valence-electron chi connectivity index (χ0n) is 11.1. The number of ether oxygens (including phenoxy) is 1. The molecule has 0 bridgehead atoms. The Morgan fingerprint density at radius 1 is 1.53 bits per heavy atom. The molecular weight excluding hydrogens is 258 g/mol. The highest BCUT2D eigenvalue weighted by Crippen LogP contribution is 2.27. The van der Waals surface area contributed by atoms with Crippen molar-refractivity contribution in [3.05, 3.63) is 30.1 Å². The van der Waals surface area contributed by atoms with Crippen LogP contribution >= 0.6 is 11.8 Å². The van der Waals surface area contributed by atoms with Crippen LogP contribution in [-0.4, -0.2) is 34.9 Å². The van der Waals surface area contributed by atoms with Crippen LogP contribution in [0.4, 0.5) is 0 Å². The molecule has 2 aromatic rings. The summed E-state index contributed by atoms with van der Waals surface area (Å²) in [6.45, 7) is 1.75. The van der Waals surface area contributed by atoms with E-state index in [1.165, 1.54) is 18.5 Å². The second-order valence-corrected chi connectivity index (χ2v) is 5.78. The average molecular weight is 277 g/mol. The Labute approximate surface area is 117 Å². The van der Waals surface area contributed by atoms with Crippen LogP contribution < -0.4 is 5.32 Å². The number of nitrogens with one attached hydrogen (secondary N) is 1. The van der Waals surface area contributed by atoms with Gasteiger partial charge in [0.2, 0.25) is 0 Å². The van der Waals surface area contributed by atoms with Crippen molar-refractivity contribution in [2.45, 2.75) is 30.5 Å². The standard InChI is InChI=1S/C14H19N3OS/c1-15-9-12-14(19-10-11-5-4-8-18-11)16-13-6-2-3-7-17(12)13/h2-3,6-7,11,15H,4-5,8-10H2,1H3. The molecule has 19 heavy (non-hydrogen) atoms. The fourth-order valence-electron chi connectivity index (χ4n) is 2.42. The molecule has 1 fully saturated rings. The minimum atomic E-state index is 0.400. The van der Waals surface area contributed by atoms with Crippen LogP contribution in [0.3, 0.4) is 0 Å². The molecule has 0 aliphatic carbocycles. The van der Waals surface area contributed by atoms with Gasteiger partial charge >= 0.3 is 0 Å². The first-order valence-electron chi connectivity index (χ1n) is 6.73. The lowest BCUT2D eigenvalue weighted by Gasteiger charge is -2.08. The van der Waals surface area contributed by atoms with Crippen LogP contribution in [0, 0.1) is 0 Å². The Morgan fingerprint density at radius 2 is 2.47 bits per heavy atom. The fraction of sp³-hybridized carbons (Fsp3) is 0.500. The number of imidazole rings is 1. The maximum atomic E-state index is 5.68. The largest absolute Gasteiger partial charge is 0.377 e. The summed E-state index contributed by atoms with van der Waals surface area (Å²) < 4.78 is 7.84. The number of thioether (sulfide) groups is 1. The molecule has 1 N–H and O–H groups in total. The summed E-state index contributed by atoms with van der Waals surface area (Å²) in [6, 6.07) is 6.12. The molecule has 1 aliphatic rings. The molecule has 3 rings (SSSR count). The number of pyridine rings is 1. The van der Waals surface area contributed by atoms with Gasteiger partial charge in [0, 0.05) is 25.1 Å². The normalized spacial score (nSPS) is 19.3. The number of nitrogens with zero attached hydrogens (tertiary/aromatic N) is 2. The average Bonchev–Trinajstić information content (AvgIpc) is 3.05. The van der Waals surface area contributed by atoms with E-state index in [4.69, 9.17) is 9.72 Å². The van der Waals surface area contributed by atoms with Gasteiger partial charge in [-0.2, -0.15) is 0 Å². The molecule has 0 aromatic carbocycles. The summed E-state index contributed by atoms with van der Waals surface area (Å²) in [5.74, 6) is 1.00. The summed E-state index contributed by atoms with van der Waals surface area (Å²) in [5, 5.41) is 4.35. The van der Waals surface area contributed by atoms with Gasteiger partial charge in [0.1, 0.15) is 10.7 Å². The summed E-state index contributed by atoms with van der Waals surface area (Å²) in [7, 11) is 1.97. The summed E-state index contributed by atoms with van der Waals surface area (Å²) in [5.41, 5.74) is 2.25. The SMILES string of the molecule is CNCc1c(SCC2CCCO2)nc2ccccn12.